The van der Waals surface area contributed by atoms with Crippen LogP contribution >= 0.6 is 45.2 Å². The van der Waals surface area contributed by atoms with Crippen LogP contribution in [-0.2, 0) is 16.2 Å². The number of fused-ring (bicyclic) bond motifs is 3. The molecule has 4 atom stereocenters. The summed E-state index contributed by atoms with van der Waals surface area (Å²) >= 11 is 4.50. The van der Waals surface area contributed by atoms with E-state index < -0.39 is 0 Å². The number of rotatable bonds is 5. The third kappa shape index (κ3) is 3.10. The molecule has 2 saturated carbocycles. The predicted octanol–water partition coefficient (Wildman–Crippen LogP) is 5.01. The number of allylic oxidation sites excluding steroid dienone is 2. The molecule has 1 saturated heterocycles. The first-order valence-electron chi connectivity index (χ1n) is 10.8. The van der Waals surface area contributed by atoms with Gasteiger partial charge < -0.3 is 4.74 Å². The number of hydrogen-bond acceptors (Lipinski definition) is 4. The molecule has 5 nitrogen and oxygen atoms in total. The molecular formula is C25H20I2N2O3. The Labute approximate surface area is 213 Å². The van der Waals surface area contributed by atoms with Gasteiger partial charge in [-0.25, -0.2) is 0 Å². The third-order valence-corrected chi connectivity index (χ3v) is 9.00. The maximum atomic E-state index is 13.1. The van der Waals surface area contributed by atoms with E-state index in [0.29, 0.717) is 6.61 Å². The van der Waals surface area contributed by atoms with Crippen molar-refractivity contribution in [2.75, 3.05) is 0 Å². The molecule has 4 aliphatic rings. The van der Waals surface area contributed by atoms with Crippen LogP contribution in [0.4, 0.5) is 0 Å². The number of hydrogen-bond donors (Lipinski definition) is 0. The highest BCUT2D eigenvalue weighted by Gasteiger charge is 2.73. The fourth-order valence-electron chi connectivity index (χ4n) is 5.82. The topological polar surface area (TPSA) is 59.0 Å². The van der Waals surface area contributed by atoms with Crippen molar-refractivity contribution in [2.24, 2.45) is 34.2 Å². The average molecular weight is 650 g/mol. The predicted molar refractivity (Wildman–Crippen MR) is 137 cm³/mol. The van der Waals surface area contributed by atoms with Gasteiger partial charge in [-0.1, -0.05) is 42.5 Å². The van der Waals surface area contributed by atoms with Crippen LogP contribution in [-0.4, -0.2) is 23.0 Å². The van der Waals surface area contributed by atoms with E-state index in [4.69, 9.17) is 4.74 Å². The van der Waals surface area contributed by atoms with E-state index in [2.05, 4.69) is 62.4 Å². The van der Waals surface area contributed by atoms with Gasteiger partial charge in [0.25, 0.3) is 11.8 Å². The lowest BCUT2D eigenvalue weighted by Gasteiger charge is -2.18. The summed E-state index contributed by atoms with van der Waals surface area (Å²) in [5.74, 6) is 0.567. The van der Waals surface area contributed by atoms with Crippen molar-refractivity contribution in [3.63, 3.8) is 0 Å². The van der Waals surface area contributed by atoms with Gasteiger partial charge >= 0.3 is 0 Å². The van der Waals surface area contributed by atoms with Crippen LogP contribution in [0.15, 0.2) is 59.7 Å². The van der Waals surface area contributed by atoms with Crippen LogP contribution in [0.5, 0.6) is 5.75 Å². The number of benzene rings is 2. The average Bonchev–Trinajstić information content (AvgIpc) is 3.38. The Hall–Kier alpha value is -1.75. The highest BCUT2D eigenvalue weighted by molar-refractivity contribution is 14.1. The Balaban J connectivity index is 1.19. The lowest BCUT2D eigenvalue weighted by molar-refractivity contribution is -0.141. The van der Waals surface area contributed by atoms with E-state index in [1.807, 2.05) is 42.5 Å². The molecule has 0 N–H and O–H groups in total. The lowest BCUT2D eigenvalue weighted by atomic mass is 9.85. The van der Waals surface area contributed by atoms with E-state index in [-0.39, 0.29) is 40.9 Å². The van der Waals surface area contributed by atoms with Crippen molar-refractivity contribution in [1.82, 2.24) is 5.01 Å². The van der Waals surface area contributed by atoms with Gasteiger partial charge in [-0.15, -0.1) is 0 Å². The van der Waals surface area contributed by atoms with Crippen LogP contribution in [0.3, 0.4) is 0 Å². The maximum Gasteiger partial charge on any atom is 0.254 e. The molecule has 0 radical (unpaired) electrons. The number of imide groups is 1. The zero-order valence-electron chi connectivity index (χ0n) is 17.1. The van der Waals surface area contributed by atoms with Crippen molar-refractivity contribution in [3.8, 4) is 5.75 Å². The van der Waals surface area contributed by atoms with Gasteiger partial charge in [0.1, 0.15) is 12.4 Å². The number of amides is 2. The second-order valence-electron chi connectivity index (χ2n) is 9.04. The number of nitrogens with zero attached hydrogens (tertiary/aromatic N) is 2. The minimum atomic E-state index is -0.216. The van der Waals surface area contributed by atoms with E-state index in [9.17, 15) is 9.59 Å². The highest BCUT2D eigenvalue weighted by Crippen LogP contribution is 2.73. The first kappa shape index (κ1) is 20.8. The first-order valence-corrected chi connectivity index (χ1v) is 12.9. The summed E-state index contributed by atoms with van der Waals surface area (Å²) < 4.78 is 7.96. The molecule has 2 bridgehead atoms. The van der Waals surface area contributed by atoms with E-state index in [1.54, 1.807) is 6.21 Å². The second-order valence-corrected chi connectivity index (χ2v) is 11.4. The van der Waals surface area contributed by atoms with Crippen LogP contribution in [0.25, 0.3) is 0 Å². The van der Waals surface area contributed by atoms with Gasteiger partial charge in [-0.3, -0.25) is 9.59 Å². The quantitative estimate of drug-likeness (QED) is 0.198. The molecule has 6 rings (SSSR count). The fourth-order valence-corrected chi connectivity index (χ4v) is 7.95. The Bertz CT molecular complexity index is 1130. The number of halogens is 2. The molecule has 1 heterocycles. The number of ether oxygens (including phenoxy) is 1. The molecule has 3 aliphatic carbocycles. The Morgan fingerprint density at radius 2 is 1.59 bits per heavy atom. The summed E-state index contributed by atoms with van der Waals surface area (Å²) in [6.45, 7) is 0.498. The SMILES string of the molecule is O=C1[C@@H]2[C@@H](C(=O)N1/N=C\c1cc(I)c(OCc3ccccc3)c(I)c1)[C@H]1C=C[C@H]2C12CC2. The maximum absolute atomic E-state index is 13.1. The molecule has 2 aromatic carbocycles. The van der Waals surface area contributed by atoms with Crippen molar-refractivity contribution in [3.05, 3.63) is 72.9 Å². The third-order valence-electron chi connectivity index (χ3n) is 7.40. The van der Waals surface area contributed by atoms with Crippen molar-refractivity contribution >= 4 is 63.2 Å². The largest absolute Gasteiger partial charge is 0.487 e. The van der Waals surface area contributed by atoms with Gasteiger partial charge in [0.15, 0.2) is 0 Å². The highest BCUT2D eigenvalue weighted by atomic mass is 127. The number of carbonyl (C=O) groups is 2. The number of carbonyl (C=O) groups excluding carboxylic acids is 2. The molecular weight excluding hydrogens is 630 g/mol. The minimum Gasteiger partial charge on any atom is -0.487 e. The van der Waals surface area contributed by atoms with Crippen molar-refractivity contribution < 1.29 is 14.3 Å². The van der Waals surface area contributed by atoms with Gasteiger partial charge in [0, 0.05) is 0 Å². The molecule has 7 heteroatoms. The molecule has 0 aromatic heterocycles. The lowest BCUT2D eigenvalue weighted by Crippen LogP contribution is -2.30. The van der Waals surface area contributed by atoms with Gasteiger partial charge in [-0.05, 0) is 98.5 Å². The molecule has 162 valence electrons. The Morgan fingerprint density at radius 1 is 1.00 bits per heavy atom. The monoisotopic (exact) mass is 650 g/mol. The first-order chi connectivity index (χ1) is 15.5. The summed E-state index contributed by atoms with van der Waals surface area (Å²) in [6, 6.07) is 14.0. The van der Waals surface area contributed by atoms with Gasteiger partial charge in [-0.2, -0.15) is 10.1 Å². The Morgan fingerprint density at radius 3 is 2.16 bits per heavy atom. The van der Waals surface area contributed by atoms with Crippen molar-refractivity contribution in [1.29, 1.82) is 0 Å². The summed E-state index contributed by atoms with van der Waals surface area (Å²) in [5, 5.41) is 5.46. The normalized spacial score (nSPS) is 28.9. The second kappa shape index (κ2) is 7.65. The molecule has 2 aromatic rings. The standard InChI is InChI=1S/C25H20I2N2O3/c26-18-10-15(11-19(27)22(18)32-13-14-4-2-1-3-5-14)12-28-29-23(30)20-16-6-7-17(21(20)24(29)31)25(16)8-9-25/h1-7,10-12,16-17,20-21H,8-9,13H2/b28-12-/t16-,17-,20+,21+/m1/s1. The molecule has 0 unspecified atom stereocenters. The molecule has 1 aliphatic heterocycles. The minimum absolute atomic E-state index is 0.133. The molecule has 1 spiro atoms. The summed E-state index contributed by atoms with van der Waals surface area (Å²) in [6.07, 6.45) is 8.25. The number of hydrazone groups is 1. The summed E-state index contributed by atoms with van der Waals surface area (Å²) in [7, 11) is 0. The fraction of sp³-hybridized carbons (Fsp3) is 0.320. The molecule has 2 amide bonds. The van der Waals surface area contributed by atoms with E-state index >= 15 is 0 Å². The zero-order chi connectivity index (χ0) is 22.0. The summed E-state index contributed by atoms with van der Waals surface area (Å²) in [5.41, 5.74) is 2.15. The summed E-state index contributed by atoms with van der Waals surface area (Å²) in [4.78, 5) is 26.1. The van der Waals surface area contributed by atoms with Crippen LogP contribution in [0, 0.1) is 36.2 Å². The zero-order valence-corrected chi connectivity index (χ0v) is 21.4. The molecule has 3 fully saturated rings. The van der Waals surface area contributed by atoms with E-state index in [1.165, 1.54) is 0 Å². The van der Waals surface area contributed by atoms with Crippen LogP contribution < -0.4 is 4.74 Å². The van der Waals surface area contributed by atoms with Gasteiger partial charge in [0.05, 0.1) is 25.2 Å². The van der Waals surface area contributed by atoms with Crippen molar-refractivity contribution in [2.45, 2.75) is 19.4 Å². The Kier molecular flexibility index (Phi) is 4.98. The van der Waals surface area contributed by atoms with Crippen LogP contribution in [0.2, 0.25) is 0 Å². The van der Waals surface area contributed by atoms with Crippen LogP contribution in [0.1, 0.15) is 24.0 Å². The van der Waals surface area contributed by atoms with E-state index in [0.717, 1.165) is 41.9 Å². The van der Waals surface area contributed by atoms with Gasteiger partial charge in [0.2, 0.25) is 0 Å². The molecule has 32 heavy (non-hydrogen) atoms. The smallest absolute Gasteiger partial charge is 0.254 e.